The maximum atomic E-state index is 14.3. The highest BCUT2D eigenvalue weighted by molar-refractivity contribution is 14.1. The predicted molar refractivity (Wildman–Crippen MR) is 266 cm³/mol. The topological polar surface area (TPSA) is 210 Å². The molecule has 0 N–H and O–H groups in total. The fraction of sp³-hybridized carbons (Fsp3) is 0.761. The maximum Gasteiger partial charge on any atom is 0.468 e. The lowest BCUT2D eigenvalue weighted by atomic mass is 9.99. The van der Waals surface area contributed by atoms with Gasteiger partial charge in [0.05, 0.1) is 46.2 Å². The number of hydrogen-bond acceptors (Lipinski definition) is 19. The first-order valence-corrected chi connectivity index (χ1v) is 27.0. The van der Waals surface area contributed by atoms with Crippen LogP contribution in [0, 0.1) is 0 Å². The highest BCUT2D eigenvalue weighted by Crippen LogP contribution is 2.41. The molecule has 5 aliphatic rings. The normalized spacial score (nSPS) is 40.2. The van der Waals surface area contributed by atoms with E-state index >= 15 is 0 Å². The van der Waals surface area contributed by atoms with Crippen molar-refractivity contribution in [1.82, 2.24) is 0 Å². The number of ether oxygens (including phenoxy) is 14. The van der Waals surface area contributed by atoms with Crippen LogP contribution in [0.2, 0.25) is 0 Å². The van der Waals surface area contributed by atoms with Crippen LogP contribution in [0.25, 0.3) is 0 Å². The summed E-state index contributed by atoms with van der Waals surface area (Å²) in [6.07, 6.45) is -18.5. The minimum atomic E-state index is -4.97. The molecule has 0 amide bonds. The molecule has 400 valence electrons. The summed E-state index contributed by atoms with van der Waals surface area (Å²) in [6.45, 7) is 13.7. The third kappa shape index (κ3) is 15.6. The minimum Gasteiger partial charge on any atom is -0.460 e. The number of para-hydroxylation sites is 1. The van der Waals surface area contributed by atoms with Gasteiger partial charge in [0.25, 0.3) is 5.90 Å². The molecule has 0 aliphatic carbocycles. The van der Waals surface area contributed by atoms with Crippen molar-refractivity contribution in [2.75, 3.05) is 0 Å². The molecule has 5 aliphatic heterocycles. The molecule has 0 spiro atoms. The van der Waals surface area contributed by atoms with Crippen molar-refractivity contribution in [3.05, 3.63) is 30.3 Å². The van der Waals surface area contributed by atoms with Crippen LogP contribution < -0.4 is 0 Å². The number of carbonyl (C=O) groups is 4. The van der Waals surface area contributed by atoms with Gasteiger partial charge >= 0.3 is 30.1 Å². The van der Waals surface area contributed by atoms with E-state index in [0.717, 1.165) is 0 Å². The van der Waals surface area contributed by atoms with E-state index < -0.39 is 159 Å². The van der Waals surface area contributed by atoms with Crippen molar-refractivity contribution >= 4 is 103 Å². The Morgan fingerprint density at radius 3 is 1.39 bits per heavy atom. The zero-order chi connectivity index (χ0) is 52.1. The molecular weight excluding hydrogens is 1290 g/mol. The maximum absolute atomic E-state index is 14.3. The van der Waals surface area contributed by atoms with Crippen molar-refractivity contribution in [2.24, 2.45) is 4.99 Å². The minimum absolute atomic E-state index is 0.0206. The van der Waals surface area contributed by atoms with E-state index in [1.54, 1.807) is 45.9 Å². The lowest BCUT2D eigenvalue weighted by Crippen LogP contribution is -2.63. The van der Waals surface area contributed by atoms with Gasteiger partial charge in [-0.1, -0.05) is 86.0 Å². The Balaban J connectivity index is 1.11. The first kappa shape index (κ1) is 58.5. The van der Waals surface area contributed by atoms with E-state index in [1.807, 2.05) is 22.6 Å². The fourth-order valence-corrected chi connectivity index (χ4v) is 11.6. The molecule has 21 atom stereocenters. The van der Waals surface area contributed by atoms with Crippen LogP contribution >= 0.6 is 67.8 Å². The highest BCUT2D eigenvalue weighted by Gasteiger charge is 2.55. The molecule has 0 aromatic heterocycles. The molecule has 25 heteroatoms. The van der Waals surface area contributed by atoms with Gasteiger partial charge < -0.3 is 66.3 Å². The molecule has 1 aromatic carbocycles. The molecule has 5 saturated heterocycles. The van der Waals surface area contributed by atoms with Gasteiger partial charge in [-0.15, -0.1) is 0 Å². The molecular formula is C46H61F3I3NO18. The first-order chi connectivity index (χ1) is 33.4. The van der Waals surface area contributed by atoms with E-state index in [2.05, 4.69) is 50.2 Å². The summed E-state index contributed by atoms with van der Waals surface area (Å²) in [7, 11) is 0. The lowest BCUT2D eigenvalue weighted by molar-refractivity contribution is -0.332. The average Bonchev–Trinajstić information content (AvgIpc) is 3.27. The number of alkyl halides is 6. The molecule has 0 radical (unpaired) electrons. The number of hydrogen-bond donors (Lipinski definition) is 0. The van der Waals surface area contributed by atoms with Gasteiger partial charge in [-0.2, -0.15) is 13.2 Å². The number of esters is 4. The van der Waals surface area contributed by atoms with Crippen LogP contribution in [0.3, 0.4) is 0 Å². The van der Waals surface area contributed by atoms with Crippen LogP contribution in [0.1, 0.15) is 88.0 Å². The summed E-state index contributed by atoms with van der Waals surface area (Å²) in [5.74, 6) is -3.69. The number of halogens is 6. The van der Waals surface area contributed by atoms with E-state index in [1.165, 1.54) is 46.8 Å². The summed E-state index contributed by atoms with van der Waals surface area (Å²) in [4.78, 5) is 52.6. The Hall–Kier alpha value is -1.81. The zero-order valence-corrected chi connectivity index (χ0v) is 46.9. The molecule has 0 bridgehead atoms. The Bertz CT molecular complexity index is 2000. The number of carbonyl (C=O) groups excluding carboxylic acids is 4. The summed E-state index contributed by atoms with van der Waals surface area (Å²) >= 11 is 6.09. The fourth-order valence-electron chi connectivity index (χ4n) is 8.91. The summed E-state index contributed by atoms with van der Waals surface area (Å²) in [5.41, 5.74) is 0.0206. The van der Waals surface area contributed by atoms with Gasteiger partial charge in [-0.25, -0.2) is 4.99 Å². The van der Waals surface area contributed by atoms with Crippen LogP contribution in [0.4, 0.5) is 18.9 Å². The smallest absolute Gasteiger partial charge is 0.460 e. The van der Waals surface area contributed by atoms with Crippen LogP contribution in [-0.2, 0) is 85.5 Å². The van der Waals surface area contributed by atoms with Gasteiger partial charge in [0, 0.05) is 40.5 Å². The van der Waals surface area contributed by atoms with Crippen LogP contribution in [0.15, 0.2) is 35.3 Å². The monoisotopic (exact) mass is 1350 g/mol. The molecule has 1 unspecified atom stereocenters. The predicted octanol–water partition coefficient (Wildman–Crippen LogP) is 7.26. The van der Waals surface area contributed by atoms with Crippen molar-refractivity contribution in [3.8, 4) is 0 Å². The first-order valence-electron chi connectivity index (χ1n) is 23.3. The van der Waals surface area contributed by atoms with E-state index in [4.69, 9.17) is 66.3 Å². The number of nitrogens with zero attached hydrogens (tertiary/aromatic N) is 1. The zero-order valence-electron chi connectivity index (χ0n) is 40.4. The van der Waals surface area contributed by atoms with Crippen molar-refractivity contribution < 1.29 is 98.7 Å². The van der Waals surface area contributed by atoms with Gasteiger partial charge in [-0.05, 0) is 59.6 Å². The quantitative estimate of drug-likeness (QED) is 0.0448. The second-order valence-electron chi connectivity index (χ2n) is 17.9. The number of benzene rings is 1. The average molecular weight is 1350 g/mol. The Labute approximate surface area is 450 Å². The van der Waals surface area contributed by atoms with Crippen molar-refractivity contribution in [1.29, 1.82) is 0 Å². The summed E-state index contributed by atoms with van der Waals surface area (Å²) < 4.78 is 126. The van der Waals surface area contributed by atoms with Gasteiger partial charge in [0.2, 0.25) is 6.29 Å². The third-order valence-electron chi connectivity index (χ3n) is 12.2. The van der Waals surface area contributed by atoms with Crippen LogP contribution in [0.5, 0.6) is 0 Å². The summed E-state index contributed by atoms with van der Waals surface area (Å²) in [5, 5.41) is 0. The lowest BCUT2D eigenvalue weighted by Gasteiger charge is -2.49. The van der Waals surface area contributed by atoms with Crippen molar-refractivity contribution in [2.45, 2.75) is 217 Å². The van der Waals surface area contributed by atoms with E-state index in [0.29, 0.717) is 19.3 Å². The van der Waals surface area contributed by atoms with E-state index in [-0.39, 0.29) is 12.1 Å². The largest absolute Gasteiger partial charge is 0.468 e. The Kier molecular flexibility index (Phi) is 21.3. The third-order valence-corrected chi connectivity index (χ3v) is 16.1. The number of aliphatic imine (C=N–C) groups is 1. The standard InChI is InChI=1S/C46H61F3I3NO18/c1-19-29(63-24(6)54)15-17-31(58-19)68-40-34(51)43(61-21(3)36(40)64-25(7)55)70-38-23(5)60-42(33(50)39(38)66-27(9)57)67-30-16-18-32(59-20(30)2)69-41-35(52)44(62-22(4)37(41)65-26(8)56)71-45(46(47,48)49)53-28-13-11-10-12-14-28/h10-14,19-23,29-44H,15-18H2,1-9H3/t19-,20-,21+,22+,23+,29-,30-,31-,32-,33+,34+,35+,36+,37+,38+,39+,40+,41+,42-,43-,44?/m0/s1. The molecule has 5 heterocycles. The Morgan fingerprint density at radius 2 is 0.915 bits per heavy atom. The summed E-state index contributed by atoms with van der Waals surface area (Å²) in [6, 6.07) is 7.53. The highest BCUT2D eigenvalue weighted by atomic mass is 127. The van der Waals surface area contributed by atoms with Crippen LogP contribution in [-0.4, -0.2) is 159 Å². The van der Waals surface area contributed by atoms with Crippen molar-refractivity contribution in [3.63, 3.8) is 0 Å². The molecule has 19 nitrogen and oxygen atoms in total. The second kappa shape index (κ2) is 25.8. The van der Waals surface area contributed by atoms with E-state index in [9.17, 15) is 32.3 Å². The molecule has 71 heavy (non-hydrogen) atoms. The molecule has 5 fully saturated rings. The van der Waals surface area contributed by atoms with Gasteiger partial charge in [-0.3, -0.25) is 19.2 Å². The molecule has 6 rings (SSSR count). The van der Waals surface area contributed by atoms with Gasteiger partial charge in [0.1, 0.15) is 38.4 Å². The second-order valence-corrected chi connectivity index (χ2v) is 22.2. The van der Waals surface area contributed by atoms with Gasteiger partial charge in [0.15, 0.2) is 37.4 Å². The SMILES string of the molecule is CC(=O)O[C@@H]1[C@@H](I)[C@H](O[C@H]2CC[C@H](O[C@H]3[C@H](OC(C)=O)[C@@H](C)OC(OC(=Nc4ccccc4)C(F)(F)F)[C@@H]3I)O[C@H]2C)O[C@H](C)[C@H]1O[C@@H]1O[C@H](C)[C@@H](OC(C)=O)[C@H](O[C@H]2CC[C@H](OC(C)=O)[C@H](C)O2)[C@H]1I. The molecule has 0 saturated carbocycles. The number of rotatable bonds is 14. The Morgan fingerprint density at radius 1 is 0.493 bits per heavy atom. The molecule has 1 aromatic rings.